The lowest BCUT2D eigenvalue weighted by molar-refractivity contribution is -0.116. The third-order valence-corrected chi connectivity index (χ3v) is 21.1. The highest BCUT2D eigenvalue weighted by atomic mass is 19.1. The van der Waals surface area contributed by atoms with Crippen LogP contribution in [0.5, 0.6) is 11.5 Å². The largest absolute Gasteiger partial charge is 0.508 e. The number of rotatable bonds is 19. The molecule has 0 unspecified atom stereocenters. The Morgan fingerprint density at radius 3 is 0.934 bits per heavy atom. The Labute approximate surface area is 696 Å². The number of halogens is 1. The minimum Gasteiger partial charge on any atom is -0.508 e. The van der Waals surface area contributed by atoms with Crippen LogP contribution in [0.4, 0.5) is 28.2 Å². The van der Waals surface area contributed by atoms with Crippen molar-refractivity contribution in [3.05, 3.63) is 277 Å². The minimum absolute atomic E-state index is 0.0131. The predicted octanol–water partition coefficient (Wildman–Crippen LogP) is 12.7. The maximum Gasteiger partial charge on any atom is 0.228 e. The molecule has 12 heterocycles. The highest BCUT2D eigenvalue weighted by Gasteiger charge is 2.27. The summed E-state index contributed by atoms with van der Waals surface area (Å²) >= 11 is 0. The first-order valence-corrected chi connectivity index (χ1v) is 40.4. The monoisotopic (exact) mass is 1620 g/mol. The van der Waals surface area contributed by atoms with Crippen molar-refractivity contribution in [2.45, 2.75) is 46.1 Å². The molecule has 8 aromatic heterocycles. The molecule has 20 rings (SSSR count). The number of aliphatic hydroxyl groups excluding tert-OH is 1. The lowest BCUT2D eigenvalue weighted by Crippen LogP contribution is -2.37. The van der Waals surface area contributed by atoms with Crippen LogP contribution in [0.25, 0.3) is 89.7 Å². The number of ether oxygens (including phenoxy) is 4. The molecule has 16 aromatic rings. The van der Waals surface area contributed by atoms with Gasteiger partial charge < -0.3 is 72.1 Å². The van der Waals surface area contributed by atoms with Crippen LogP contribution in [-0.4, -0.2) is 204 Å². The van der Waals surface area contributed by atoms with E-state index < -0.39 is 5.82 Å². The van der Waals surface area contributed by atoms with Gasteiger partial charge in [-0.15, -0.1) is 0 Å². The van der Waals surface area contributed by atoms with E-state index in [-0.39, 0.29) is 23.9 Å². The third-order valence-electron chi connectivity index (χ3n) is 21.1. The highest BCUT2D eigenvalue weighted by Crippen LogP contribution is 2.36. The second kappa shape index (κ2) is 37.4. The van der Waals surface area contributed by atoms with Gasteiger partial charge in [-0.3, -0.25) is 4.79 Å². The molecule has 4 fully saturated rings. The van der Waals surface area contributed by atoms with Crippen molar-refractivity contribution in [3.63, 3.8) is 0 Å². The first-order chi connectivity index (χ1) is 59.4. The van der Waals surface area contributed by atoms with Crippen LogP contribution in [-0.2, 0) is 62.9 Å². The van der Waals surface area contributed by atoms with Gasteiger partial charge in [-0.1, -0.05) is 170 Å². The van der Waals surface area contributed by atoms with E-state index in [0.29, 0.717) is 145 Å². The van der Waals surface area contributed by atoms with Crippen LogP contribution in [0.15, 0.2) is 238 Å². The summed E-state index contributed by atoms with van der Waals surface area (Å²) in [6.45, 7) is 15.3. The third kappa shape index (κ3) is 19.0. The van der Waals surface area contributed by atoms with Gasteiger partial charge in [0.05, 0.1) is 111 Å². The molecule has 8 aromatic carbocycles. The van der Waals surface area contributed by atoms with E-state index in [1.807, 2.05) is 179 Å². The number of benzene rings is 8. The second-order valence-corrected chi connectivity index (χ2v) is 29.7. The number of Topliss-reactive ketones (excluding diaryl/α,β-unsaturated/α-hetero) is 1. The molecule has 4 aliphatic rings. The number of aliphatic hydroxyl groups is 1. The van der Waals surface area contributed by atoms with E-state index in [1.165, 1.54) is 28.8 Å². The smallest absolute Gasteiger partial charge is 0.228 e. The van der Waals surface area contributed by atoms with Gasteiger partial charge in [0.25, 0.3) is 0 Å². The first kappa shape index (κ1) is 79.6. The van der Waals surface area contributed by atoms with Gasteiger partial charge in [-0.2, -0.15) is 19.9 Å². The minimum atomic E-state index is -0.534. The van der Waals surface area contributed by atoms with Crippen molar-refractivity contribution in [2.75, 3.05) is 125 Å². The summed E-state index contributed by atoms with van der Waals surface area (Å²) in [4.78, 5) is 77.5. The molecule has 3 N–H and O–H groups in total. The Morgan fingerprint density at radius 1 is 0.331 bits per heavy atom. The zero-order chi connectivity index (χ0) is 82.4. The summed E-state index contributed by atoms with van der Waals surface area (Å²) in [5.74, 6) is 2.21. The van der Waals surface area contributed by atoms with E-state index in [1.54, 1.807) is 25.4 Å². The van der Waals surface area contributed by atoms with E-state index in [0.717, 1.165) is 129 Å². The average Bonchev–Trinajstić information content (AvgIpc) is 1.69. The van der Waals surface area contributed by atoms with E-state index in [4.69, 9.17) is 63.8 Å². The summed E-state index contributed by atoms with van der Waals surface area (Å²) in [7, 11) is 0. The Bertz CT molecular complexity index is 6210. The topological polar surface area (TPSA) is 302 Å². The van der Waals surface area contributed by atoms with Crippen LogP contribution < -0.4 is 19.6 Å². The molecule has 4 aliphatic heterocycles. The maximum absolute atomic E-state index is 14.0. The molecule has 29 heteroatoms. The average molecular weight is 1620 g/mol. The Hall–Kier alpha value is -13.8. The normalized spacial score (nSPS) is 14.3. The summed E-state index contributed by atoms with van der Waals surface area (Å²) in [5.41, 5.74) is 18.3. The number of ketones is 1. The summed E-state index contributed by atoms with van der Waals surface area (Å²) < 4.78 is 44.1. The molecule has 0 aliphatic carbocycles. The predicted molar refractivity (Wildman–Crippen MR) is 461 cm³/mol. The molecule has 0 amide bonds. The molecular formula is C92H89FN20O8. The number of carbonyl (C=O) groups excluding carboxylic acids is 1. The fourth-order valence-corrected chi connectivity index (χ4v) is 15.0. The molecule has 612 valence electrons. The fraction of sp³-hybridized carbons (Fsp3) is 0.250. The SMILES string of the molecule is CC(=O)Cc1cccc(-c2nc(N3CCOCC3)nc3c2ncn3Cc2ccccc2)c1.OCc1cccc(-c2nc(N3CCOCC3)nc3c2ncn3Cc2ccccc2)c1.Oc1cc(F)cc(-c2nc(N3CCOCC3)nc3c2ncn3Cc2ccccc2)c1.Oc1cccc(-c2nc(N3CCOCC3)nc3c2ncn3Cc2ccccc2)c1. The molecule has 0 atom stereocenters. The van der Waals surface area contributed by atoms with Crippen molar-refractivity contribution in [2.24, 2.45) is 0 Å². The molecule has 4 saturated heterocycles. The molecular weight excluding hydrogens is 1530 g/mol. The Morgan fingerprint density at radius 2 is 0.620 bits per heavy atom. The summed E-state index contributed by atoms with van der Waals surface area (Å²) in [5, 5.41) is 29.5. The summed E-state index contributed by atoms with van der Waals surface area (Å²) in [6, 6.07) is 67.7. The summed E-state index contributed by atoms with van der Waals surface area (Å²) in [6.07, 6.45) is 7.59. The number of aromatic hydroxyl groups is 2. The number of carbonyl (C=O) groups is 1. The fourth-order valence-electron chi connectivity index (χ4n) is 15.0. The van der Waals surface area contributed by atoms with Gasteiger partial charge in [-0.25, -0.2) is 44.3 Å². The first-order valence-electron chi connectivity index (χ1n) is 40.4. The molecule has 28 nitrogen and oxygen atoms in total. The lowest BCUT2D eigenvalue weighted by atomic mass is 10.0. The van der Waals surface area contributed by atoms with Crippen LogP contribution in [0.1, 0.15) is 40.3 Å². The van der Waals surface area contributed by atoms with Crippen LogP contribution in [0.2, 0.25) is 0 Å². The highest BCUT2D eigenvalue weighted by molar-refractivity contribution is 5.92. The zero-order valence-corrected chi connectivity index (χ0v) is 66.8. The van der Waals surface area contributed by atoms with Crippen molar-refractivity contribution in [1.82, 2.24) is 78.1 Å². The number of hydrogen-bond donors (Lipinski definition) is 3. The van der Waals surface area contributed by atoms with Gasteiger partial charge in [0.15, 0.2) is 22.6 Å². The Balaban J connectivity index is 0.000000115. The number of anilines is 4. The van der Waals surface area contributed by atoms with Gasteiger partial charge in [0, 0.05) is 87.1 Å². The molecule has 121 heavy (non-hydrogen) atoms. The number of aromatic nitrogens is 16. The second-order valence-electron chi connectivity index (χ2n) is 29.7. The standard InChI is InChI=1S/C25H25N5O2.C23H23N5O2.C22H20FN5O2.C22H21N5O2/c1-18(31)14-20-8-5-9-21(15-20)22-23-24(28-25(27-22)29-10-12-32-13-11-29)30(17-26-23)16-19-6-3-2-4-7-19;29-15-18-7-4-8-19(13-18)20-21-22(26-23(25-20)27-9-11-30-12-10-27)28(16-24-21)14-17-5-2-1-3-6-17;23-17-10-16(11-18(29)12-17)19-20-21(26-22(25-19)27-6-8-30-9-7-27)28(14-24-20)13-15-4-2-1-3-5-15;28-18-8-4-7-17(13-18)19-20-21(25-22(24-19)26-9-11-29-12-10-26)27(15-23-20)14-16-5-2-1-3-6-16/h2-9,15,17H,10-14,16H2,1H3;1-8,13,16,29H,9-12,14-15H2;1-5,10-12,14,29H,6-9,13H2;1-8,13,15,28H,9-12,14H2. The number of phenolic OH excluding ortho intramolecular Hbond substituents is 2. The number of nitrogens with zero attached hydrogens (tertiary/aromatic N) is 20. The molecule has 0 spiro atoms. The van der Waals surface area contributed by atoms with Crippen molar-refractivity contribution in [3.8, 4) is 56.5 Å². The van der Waals surface area contributed by atoms with Gasteiger partial charge >= 0.3 is 0 Å². The van der Waals surface area contributed by atoms with Gasteiger partial charge in [0.1, 0.15) is 67.9 Å². The maximum atomic E-state index is 14.0. The number of hydrogen-bond acceptors (Lipinski definition) is 24. The lowest BCUT2D eigenvalue weighted by Gasteiger charge is -2.27. The number of phenols is 2. The molecule has 0 saturated carbocycles. The van der Waals surface area contributed by atoms with Gasteiger partial charge in [-0.05, 0) is 76.7 Å². The Kier molecular flexibility index (Phi) is 24.6. The van der Waals surface area contributed by atoms with E-state index >= 15 is 0 Å². The van der Waals surface area contributed by atoms with Crippen molar-refractivity contribution >= 4 is 74.2 Å². The number of imidazole rings is 4. The molecule has 0 radical (unpaired) electrons. The van der Waals surface area contributed by atoms with E-state index in [2.05, 4.69) is 75.2 Å². The molecule has 0 bridgehead atoms. The van der Waals surface area contributed by atoms with Crippen molar-refractivity contribution in [1.29, 1.82) is 0 Å². The zero-order valence-electron chi connectivity index (χ0n) is 66.8. The number of morpholine rings is 4. The van der Waals surface area contributed by atoms with Crippen LogP contribution >= 0.6 is 0 Å². The quantitative estimate of drug-likeness (QED) is 0.0677. The van der Waals surface area contributed by atoms with Gasteiger partial charge in [0.2, 0.25) is 23.8 Å². The van der Waals surface area contributed by atoms with Crippen LogP contribution in [0.3, 0.4) is 0 Å². The van der Waals surface area contributed by atoms with Crippen molar-refractivity contribution < 1.29 is 43.5 Å². The van der Waals surface area contributed by atoms with Crippen LogP contribution in [0, 0.1) is 5.82 Å². The number of fused-ring (bicyclic) bond motifs is 4. The van der Waals surface area contributed by atoms with E-state index in [9.17, 15) is 24.5 Å².